The van der Waals surface area contributed by atoms with Crippen LogP contribution in [0.1, 0.15) is 226 Å². The number of allylic oxidation sites excluding steroid dienone is 4. The van der Waals surface area contributed by atoms with Gasteiger partial charge in [-0.15, -0.1) is 0 Å². The number of unbranched alkanes of at least 4 members (excludes halogenated alkanes) is 24. The number of hydrogen-bond donors (Lipinski definition) is 0. The molecule has 0 aromatic rings. The number of hydrogen-bond acceptors (Lipinski definition) is 6. The van der Waals surface area contributed by atoms with Crippen LogP contribution in [0.5, 0.6) is 0 Å². The lowest BCUT2D eigenvalue weighted by molar-refractivity contribution is -0.167. The summed E-state index contributed by atoms with van der Waals surface area (Å²) < 4.78 is 16.6. The van der Waals surface area contributed by atoms with Gasteiger partial charge in [-0.2, -0.15) is 0 Å². The zero-order chi connectivity index (χ0) is 37.3. The van der Waals surface area contributed by atoms with Gasteiger partial charge in [0.25, 0.3) is 0 Å². The highest BCUT2D eigenvalue weighted by molar-refractivity contribution is 5.71. The normalized spacial score (nSPS) is 12.1. The lowest BCUT2D eigenvalue weighted by Gasteiger charge is -2.18. The first-order valence-corrected chi connectivity index (χ1v) is 21.8. The van der Waals surface area contributed by atoms with Gasteiger partial charge < -0.3 is 14.2 Å². The molecule has 0 N–H and O–H groups in total. The van der Waals surface area contributed by atoms with Gasteiger partial charge in [0, 0.05) is 19.3 Å². The topological polar surface area (TPSA) is 78.9 Å². The van der Waals surface area contributed by atoms with Gasteiger partial charge in [-0.1, -0.05) is 167 Å². The van der Waals surface area contributed by atoms with Crippen molar-refractivity contribution < 1.29 is 28.6 Å². The summed E-state index contributed by atoms with van der Waals surface area (Å²) in [5, 5.41) is 0. The van der Waals surface area contributed by atoms with Crippen LogP contribution in [-0.2, 0) is 28.6 Å². The van der Waals surface area contributed by atoms with Crippen molar-refractivity contribution >= 4 is 17.9 Å². The van der Waals surface area contributed by atoms with E-state index in [4.69, 9.17) is 14.2 Å². The van der Waals surface area contributed by atoms with E-state index < -0.39 is 6.10 Å². The first kappa shape index (κ1) is 48.9. The Kier molecular flexibility index (Phi) is 39.0. The van der Waals surface area contributed by atoms with Crippen LogP contribution in [0.2, 0.25) is 0 Å². The third-order valence-corrected chi connectivity index (χ3v) is 9.43. The van der Waals surface area contributed by atoms with Crippen molar-refractivity contribution in [2.45, 2.75) is 232 Å². The number of rotatable bonds is 39. The maximum Gasteiger partial charge on any atom is 0.306 e. The van der Waals surface area contributed by atoms with Gasteiger partial charge >= 0.3 is 17.9 Å². The fraction of sp³-hybridized carbons (Fsp3) is 0.844. The molecule has 0 aliphatic heterocycles. The second-order valence-corrected chi connectivity index (χ2v) is 14.6. The first-order valence-electron chi connectivity index (χ1n) is 21.8. The van der Waals surface area contributed by atoms with Gasteiger partial charge in [0.2, 0.25) is 0 Å². The molecular formula is C45H82O6. The SMILES string of the molecule is CCCCCC/C=C\CCCCCCCCCC(=O)OCC(COC(=O)CCCCCCCCCCC)OC(=O)CCC/C=C\CCCCCC. The Labute approximate surface area is 315 Å². The van der Waals surface area contributed by atoms with Crippen molar-refractivity contribution in [1.29, 1.82) is 0 Å². The quantitative estimate of drug-likeness (QED) is 0.0272. The van der Waals surface area contributed by atoms with Crippen molar-refractivity contribution in [3.63, 3.8) is 0 Å². The van der Waals surface area contributed by atoms with Crippen molar-refractivity contribution in [3.05, 3.63) is 24.3 Å². The van der Waals surface area contributed by atoms with Crippen LogP contribution in [0, 0.1) is 0 Å². The zero-order valence-corrected chi connectivity index (χ0v) is 33.9. The molecular weight excluding hydrogens is 636 g/mol. The summed E-state index contributed by atoms with van der Waals surface area (Å²) >= 11 is 0. The van der Waals surface area contributed by atoms with Crippen molar-refractivity contribution in [3.8, 4) is 0 Å². The molecule has 6 heteroatoms. The van der Waals surface area contributed by atoms with Crippen molar-refractivity contribution in [1.82, 2.24) is 0 Å². The van der Waals surface area contributed by atoms with Crippen LogP contribution >= 0.6 is 0 Å². The smallest absolute Gasteiger partial charge is 0.306 e. The van der Waals surface area contributed by atoms with Gasteiger partial charge in [0.05, 0.1) is 0 Å². The standard InChI is InChI=1S/C45H82O6/c1-4-7-10-13-16-19-20-21-22-23-24-27-29-32-35-38-44(47)50-41-42(51-45(48)39-36-33-30-26-18-15-12-9-6-3)40-49-43(46)37-34-31-28-25-17-14-11-8-5-2/h19-20,26,30,42H,4-18,21-25,27-29,31-41H2,1-3H3/b20-19-,30-26-. The highest BCUT2D eigenvalue weighted by Gasteiger charge is 2.19. The molecule has 51 heavy (non-hydrogen) atoms. The highest BCUT2D eigenvalue weighted by Crippen LogP contribution is 2.13. The monoisotopic (exact) mass is 719 g/mol. The van der Waals surface area contributed by atoms with Gasteiger partial charge in [-0.25, -0.2) is 0 Å². The zero-order valence-electron chi connectivity index (χ0n) is 33.9. The Morgan fingerprint density at radius 2 is 0.667 bits per heavy atom. The van der Waals surface area contributed by atoms with E-state index in [2.05, 4.69) is 45.1 Å². The molecule has 0 rings (SSSR count). The van der Waals surface area contributed by atoms with Gasteiger partial charge in [-0.3, -0.25) is 14.4 Å². The summed E-state index contributed by atoms with van der Waals surface area (Å²) in [6, 6.07) is 0. The van der Waals surface area contributed by atoms with Crippen LogP contribution in [0.25, 0.3) is 0 Å². The molecule has 0 saturated heterocycles. The Morgan fingerprint density at radius 3 is 1.06 bits per heavy atom. The molecule has 0 spiro atoms. The van der Waals surface area contributed by atoms with E-state index in [9.17, 15) is 14.4 Å². The molecule has 1 atom stereocenters. The van der Waals surface area contributed by atoms with Crippen LogP contribution in [-0.4, -0.2) is 37.2 Å². The molecule has 0 saturated carbocycles. The van der Waals surface area contributed by atoms with E-state index in [0.29, 0.717) is 19.3 Å². The Hall–Kier alpha value is -2.11. The summed E-state index contributed by atoms with van der Waals surface area (Å²) in [5.74, 6) is -0.924. The molecule has 0 heterocycles. The maximum atomic E-state index is 12.6. The number of carbonyl (C=O) groups is 3. The van der Waals surface area contributed by atoms with Crippen molar-refractivity contribution in [2.24, 2.45) is 0 Å². The fourth-order valence-corrected chi connectivity index (χ4v) is 6.09. The Morgan fingerprint density at radius 1 is 0.373 bits per heavy atom. The summed E-state index contributed by atoms with van der Waals surface area (Å²) in [6.45, 7) is 6.53. The number of carbonyl (C=O) groups excluding carboxylic acids is 3. The van der Waals surface area contributed by atoms with E-state index in [1.807, 2.05) is 0 Å². The summed E-state index contributed by atoms with van der Waals surface area (Å²) in [5.41, 5.74) is 0. The van der Waals surface area contributed by atoms with E-state index in [1.54, 1.807) is 0 Å². The van der Waals surface area contributed by atoms with E-state index in [-0.39, 0.29) is 37.5 Å². The van der Waals surface area contributed by atoms with Crippen LogP contribution < -0.4 is 0 Å². The number of ether oxygens (including phenoxy) is 3. The molecule has 0 radical (unpaired) electrons. The largest absolute Gasteiger partial charge is 0.462 e. The van der Waals surface area contributed by atoms with E-state index >= 15 is 0 Å². The fourth-order valence-electron chi connectivity index (χ4n) is 6.09. The summed E-state index contributed by atoms with van der Waals surface area (Å²) in [6.07, 6.45) is 43.1. The van der Waals surface area contributed by atoms with Gasteiger partial charge in [-0.05, 0) is 64.2 Å². The third-order valence-electron chi connectivity index (χ3n) is 9.43. The second-order valence-electron chi connectivity index (χ2n) is 14.6. The molecule has 0 aromatic heterocycles. The molecule has 0 bridgehead atoms. The molecule has 0 aliphatic carbocycles. The van der Waals surface area contributed by atoms with Gasteiger partial charge in [0.15, 0.2) is 6.10 Å². The summed E-state index contributed by atoms with van der Waals surface area (Å²) in [7, 11) is 0. The lowest BCUT2D eigenvalue weighted by Crippen LogP contribution is -2.30. The van der Waals surface area contributed by atoms with Gasteiger partial charge in [0.1, 0.15) is 13.2 Å². The molecule has 298 valence electrons. The molecule has 1 unspecified atom stereocenters. The second kappa shape index (κ2) is 40.7. The van der Waals surface area contributed by atoms with E-state index in [0.717, 1.165) is 51.4 Å². The first-order chi connectivity index (χ1) is 25.0. The predicted octanol–water partition coefficient (Wildman–Crippen LogP) is 13.6. The van der Waals surface area contributed by atoms with Crippen LogP contribution in [0.3, 0.4) is 0 Å². The van der Waals surface area contributed by atoms with Crippen LogP contribution in [0.4, 0.5) is 0 Å². The third kappa shape index (κ3) is 38.9. The molecule has 0 aromatic carbocycles. The Balaban J connectivity index is 4.33. The molecule has 0 fully saturated rings. The van der Waals surface area contributed by atoms with E-state index in [1.165, 1.54) is 128 Å². The molecule has 0 aliphatic rings. The summed E-state index contributed by atoms with van der Waals surface area (Å²) in [4.78, 5) is 37.5. The van der Waals surface area contributed by atoms with Crippen molar-refractivity contribution in [2.75, 3.05) is 13.2 Å². The van der Waals surface area contributed by atoms with Crippen LogP contribution in [0.15, 0.2) is 24.3 Å². The molecule has 6 nitrogen and oxygen atoms in total. The highest BCUT2D eigenvalue weighted by atomic mass is 16.6. The maximum absolute atomic E-state index is 12.6. The minimum atomic E-state index is -0.779. The average molecular weight is 719 g/mol. The molecule has 0 amide bonds. The Bertz CT molecular complexity index is 835. The average Bonchev–Trinajstić information content (AvgIpc) is 3.12. The number of esters is 3. The minimum absolute atomic E-state index is 0.0817. The minimum Gasteiger partial charge on any atom is -0.462 e. The lowest BCUT2D eigenvalue weighted by atomic mass is 10.1. The predicted molar refractivity (Wildman–Crippen MR) is 215 cm³/mol.